The van der Waals surface area contributed by atoms with Crippen molar-refractivity contribution >= 4 is 34.9 Å². The van der Waals surface area contributed by atoms with Crippen LogP contribution in [0.3, 0.4) is 0 Å². The number of hydrogen-bond donors (Lipinski definition) is 1. The second kappa shape index (κ2) is 7.65. The van der Waals surface area contributed by atoms with Crippen LogP contribution in [0.2, 0.25) is 0 Å². The molecule has 0 aromatic heterocycles. The maximum atomic E-state index is 13.1. The van der Waals surface area contributed by atoms with Crippen molar-refractivity contribution < 1.29 is 19.2 Å². The first-order chi connectivity index (χ1) is 14.8. The smallest absolute Gasteiger partial charge is 0.266 e. The predicted octanol–water partition coefficient (Wildman–Crippen LogP) is 4.56. The van der Waals surface area contributed by atoms with Gasteiger partial charge in [-0.25, -0.2) is 4.90 Å². The van der Waals surface area contributed by atoms with Crippen LogP contribution in [0.15, 0.2) is 60.7 Å². The molecular weight excluding hydrogens is 392 g/mol. The van der Waals surface area contributed by atoms with E-state index in [4.69, 9.17) is 0 Å². The molecule has 0 spiro atoms. The van der Waals surface area contributed by atoms with Gasteiger partial charge < -0.3 is 5.32 Å². The van der Waals surface area contributed by atoms with Crippen molar-refractivity contribution in [3.8, 4) is 0 Å². The Hall–Kier alpha value is -4.06. The normalized spacial score (nSPS) is 12.7. The Kier molecular flexibility index (Phi) is 4.99. The van der Waals surface area contributed by atoms with E-state index in [1.165, 1.54) is 25.1 Å². The van der Waals surface area contributed by atoms with Crippen LogP contribution in [-0.2, 0) is 0 Å². The van der Waals surface area contributed by atoms with Crippen molar-refractivity contribution in [2.45, 2.75) is 20.8 Å². The van der Waals surface area contributed by atoms with Crippen LogP contribution in [0.4, 0.5) is 11.4 Å². The molecule has 0 atom stereocenters. The van der Waals surface area contributed by atoms with Gasteiger partial charge in [-0.05, 0) is 68.3 Å². The third-order valence-corrected chi connectivity index (χ3v) is 5.28. The van der Waals surface area contributed by atoms with E-state index in [9.17, 15) is 19.2 Å². The quantitative estimate of drug-likeness (QED) is 0.503. The molecule has 0 saturated heterocycles. The Balaban J connectivity index is 1.64. The second-order valence-corrected chi connectivity index (χ2v) is 7.59. The van der Waals surface area contributed by atoms with Crippen molar-refractivity contribution in [3.05, 3.63) is 94.0 Å². The number of ketones is 1. The minimum atomic E-state index is -0.457. The highest BCUT2D eigenvalue weighted by atomic mass is 16.2. The van der Waals surface area contributed by atoms with Crippen LogP contribution >= 0.6 is 0 Å². The summed E-state index contributed by atoms with van der Waals surface area (Å²) in [7, 11) is 0. The van der Waals surface area contributed by atoms with Crippen LogP contribution < -0.4 is 10.2 Å². The summed E-state index contributed by atoms with van der Waals surface area (Å²) in [5.74, 6) is -1.41. The fourth-order valence-electron chi connectivity index (χ4n) is 3.58. The number of anilines is 2. The van der Waals surface area contributed by atoms with Crippen molar-refractivity contribution in [2.24, 2.45) is 0 Å². The lowest BCUT2D eigenvalue weighted by Crippen LogP contribution is -2.30. The fraction of sp³-hybridized carbons (Fsp3) is 0.120. The Morgan fingerprint density at radius 1 is 0.806 bits per heavy atom. The van der Waals surface area contributed by atoms with E-state index in [2.05, 4.69) is 5.32 Å². The van der Waals surface area contributed by atoms with E-state index in [0.29, 0.717) is 16.9 Å². The molecule has 6 heteroatoms. The Morgan fingerprint density at radius 2 is 1.55 bits per heavy atom. The van der Waals surface area contributed by atoms with Gasteiger partial charge in [-0.15, -0.1) is 0 Å². The summed E-state index contributed by atoms with van der Waals surface area (Å²) in [5.41, 5.74) is 3.94. The molecule has 1 N–H and O–H groups in total. The summed E-state index contributed by atoms with van der Waals surface area (Å²) in [4.78, 5) is 51.4. The molecule has 6 nitrogen and oxygen atoms in total. The Morgan fingerprint density at radius 3 is 2.29 bits per heavy atom. The molecule has 1 heterocycles. The number of fused-ring (bicyclic) bond motifs is 1. The molecular formula is C25H20N2O4. The third kappa shape index (κ3) is 3.64. The first-order valence-electron chi connectivity index (χ1n) is 9.78. The molecule has 1 aliphatic heterocycles. The lowest BCUT2D eigenvalue weighted by atomic mass is 10.0. The maximum absolute atomic E-state index is 13.1. The zero-order chi connectivity index (χ0) is 22.3. The molecule has 3 aromatic carbocycles. The average molecular weight is 412 g/mol. The molecule has 31 heavy (non-hydrogen) atoms. The number of amides is 3. The number of rotatable bonds is 4. The zero-order valence-corrected chi connectivity index (χ0v) is 17.4. The first kappa shape index (κ1) is 20.2. The zero-order valence-electron chi connectivity index (χ0n) is 17.4. The SMILES string of the molecule is CC(=O)c1cccc(NC(=O)c2ccc3c(c2)C(=O)N(c2cc(C)ccc2C)C3=O)c1. The van der Waals surface area contributed by atoms with Gasteiger partial charge in [-0.1, -0.05) is 24.3 Å². The highest BCUT2D eigenvalue weighted by Crippen LogP contribution is 2.32. The molecule has 154 valence electrons. The third-order valence-electron chi connectivity index (χ3n) is 5.28. The Bertz CT molecular complexity index is 1280. The van der Waals surface area contributed by atoms with Gasteiger partial charge in [-0.3, -0.25) is 19.2 Å². The van der Waals surface area contributed by atoms with Gasteiger partial charge in [0.15, 0.2) is 5.78 Å². The van der Waals surface area contributed by atoms with Gasteiger partial charge in [-0.2, -0.15) is 0 Å². The van der Waals surface area contributed by atoms with Crippen LogP contribution in [0.25, 0.3) is 0 Å². The first-order valence-corrected chi connectivity index (χ1v) is 9.78. The number of Topliss-reactive ketones (excluding diaryl/α,β-unsaturated/α-hetero) is 1. The van der Waals surface area contributed by atoms with Gasteiger partial charge in [0, 0.05) is 16.8 Å². The van der Waals surface area contributed by atoms with Crippen molar-refractivity contribution in [1.82, 2.24) is 0 Å². The molecule has 3 aromatic rings. The lowest BCUT2D eigenvalue weighted by molar-refractivity contribution is 0.0924. The topological polar surface area (TPSA) is 83.6 Å². The highest BCUT2D eigenvalue weighted by Gasteiger charge is 2.37. The number of imide groups is 1. The maximum Gasteiger partial charge on any atom is 0.266 e. The van der Waals surface area contributed by atoms with Gasteiger partial charge in [0.1, 0.15) is 0 Å². The fourth-order valence-corrected chi connectivity index (χ4v) is 3.58. The minimum absolute atomic E-state index is 0.107. The average Bonchev–Trinajstić information content (AvgIpc) is 2.99. The number of aryl methyl sites for hydroxylation is 2. The largest absolute Gasteiger partial charge is 0.322 e. The van der Waals surface area contributed by atoms with Crippen LogP contribution in [0.1, 0.15) is 59.5 Å². The number of benzene rings is 3. The second-order valence-electron chi connectivity index (χ2n) is 7.59. The molecule has 4 rings (SSSR count). The van der Waals surface area contributed by atoms with Crippen molar-refractivity contribution in [1.29, 1.82) is 0 Å². The summed E-state index contributed by atoms with van der Waals surface area (Å²) >= 11 is 0. The van der Waals surface area contributed by atoms with E-state index in [0.717, 1.165) is 16.0 Å². The summed E-state index contributed by atoms with van der Waals surface area (Å²) in [6, 6.07) is 16.6. The number of hydrogen-bond acceptors (Lipinski definition) is 4. The van der Waals surface area contributed by atoms with Gasteiger partial charge in [0.25, 0.3) is 17.7 Å². The molecule has 0 bridgehead atoms. The number of carbonyl (C=O) groups is 4. The standard InChI is InChI=1S/C25H20N2O4/c1-14-7-8-15(2)22(11-14)27-24(30)20-10-9-18(13-21(20)25(27)31)23(29)26-19-6-4-5-17(12-19)16(3)28/h4-13H,1-3H3,(H,26,29). The molecule has 1 aliphatic rings. The summed E-state index contributed by atoms with van der Waals surface area (Å²) in [5, 5.41) is 2.73. The van der Waals surface area contributed by atoms with E-state index >= 15 is 0 Å². The number of nitrogens with zero attached hydrogens (tertiary/aromatic N) is 1. The number of carbonyl (C=O) groups excluding carboxylic acids is 4. The summed E-state index contributed by atoms with van der Waals surface area (Å²) in [6.07, 6.45) is 0. The molecule has 0 aliphatic carbocycles. The van der Waals surface area contributed by atoms with E-state index in [1.54, 1.807) is 30.3 Å². The monoisotopic (exact) mass is 412 g/mol. The van der Waals surface area contributed by atoms with Gasteiger partial charge in [0.2, 0.25) is 0 Å². The van der Waals surface area contributed by atoms with Crippen molar-refractivity contribution in [2.75, 3.05) is 10.2 Å². The van der Waals surface area contributed by atoms with Crippen molar-refractivity contribution in [3.63, 3.8) is 0 Å². The van der Waals surface area contributed by atoms with Gasteiger partial charge >= 0.3 is 0 Å². The molecule has 3 amide bonds. The molecule has 0 saturated carbocycles. The summed E-state index contributed by atoms with van der Waals surface area (Å²) in [6.45, 7) is 5.18. The molecule has 0 fully saturated rings. The minimum Gasteiger partial charge on any atom is -0.322 e. The summed E-state index contributed by atoms with van der Waals surface area (Å²) < 4.78 is 0. The van der Waals surface area contributed by atoms with Crippen LogP contribution in [0, 0.1) is 13.8 Å². The highest BCUT2D eigenvalue weighted by molar-refractivity contribution is 6.35. The van der Waals surface area contributed by atoms with Gasteiger partial charge in [0.05, 0.1) is 16.8 Å². The van der Waals surface area contributed by atoms with E-state index < -0.39 is 17.7 Å². The van der Waals surface area contributed by atoms with Crippen LogP contribution in [0.5, 0.6) is 0 Å². The molecule has 0 radical (unpaired) electrons. The number of nitrogens with one attached hydrogen (secondary N) is 1. The molecule has 0 unspecified atom stereocenters. The predicted molar refractivity (Wildman–Crippen MR) is 118 cm³/mol. The van der Waals surface area contributed by atoms with E-state index in [-0.39, 0.29) is 22.5 Å². The van der Waals surface area contributed by atoms with E-state index in [1.807, 2.05) is 26.0 Å². The van der Waals surface area contributed by atoms with Crippen LogP contribution in [-0.4, -0.2) is 23.5 Å². The lowest BCUT2D eigenvalue weighted by Gasteiger charge is -2.17. The Labute approximate surface area is 179 Å².